The summed E-state index contributed by atoms with van der Waals surface area (Å²) in [4.78, 5) is 4.27. The van der Waals surface area contributed by atoms with Crippen molar-refractivity contribution in [2.24, 2.45) is 5.73 Å². The van der Waals surface area contributed by atoms with Crippen LogP contribution in [0.4, 0.5) is 17.6 Å². The Morgan fingerprint density at radius 1 is 1.12 bits per heavy atom. The van der Waals surface area contributed by atoms with Gasteiger partial charge in [-0.2, -0.15) is 13.2 Å². The van der Waals surface area contributed by atoms with Crippen LogP contribution in [-0.4, -0.2) is 9.55 Å². The molecule has 0 saturated heterocycles. The average Bonchev–Trinajstić information content (AvgIpc) is 2.96. The minimum Gasteiger partial charge on any atom is -0.328 e. The minimum atomic E-state index is -4.41. The van der Waals surface area contributed by atoms with Gasteiger partial charge in [0.1, 0.15) is 5.82 Å². The van der Waals surface area contributed by atoms with Gasteiger partial charge >= 0.3 is 6.18 Å². The molecule has 8 heteroatoms. The van der Waals surface area contributed by atoms with Crippen molar-refractivity contribution >= 4 is 11.6 Å². The summed E-state index contributed by atoms with van der Waals surface area (Å²) in [5.74, 6) is -0.476. The highest BCUT2D eigenvalue weighted by molar-refractivity contribution is 6.33. The lowest BCUT2D eigenvalue weighted by molar-refractivity contribution is -0.137. The zero-order valence-corrected chi connectivity index (χ0v) is 14.2. The van der Waals surface area contributed by atoms with E-state index in [0.717, 1.165) is 12.1 Å². The second kappa shape index (κ2) is 7.09. The van der Waals surface area contributed by atoms with Crippen molar-refractivity contribution in [1.82, 2.24) is 9.55 Å². The molecule has 3 aromatic rings. The summed E-state index contributed by atoms with van der Waals surface area (Å²) in [5.41, 5.74) is 7.13. The minimum absolute atomic E-state index is 0.0992. The van der Waals surface area contributed by atoms with Gasteiger partial charge in [-0.3, -0.25) is 0 Å². The molecule has 2 N–H and O–H groups in total. The van der Waals surface area contributed by atoms with Gasteiger partial charge in [0.15, 0.2) is 0 Å². The normalized spacial score (nSPS) is 11.8. The third kappa shape index (κ3) is 3.73. The standard InChI is InChI=1S/C18H14ClF4N3/c19-15-7-13(20)4-5-14(15)17-16(8-24)26(10-25-17)9-11-2-1-3-12(6-11)18(21,22)23/h1-7,10H,8-9,24H2. The molecule has 26 heavy (non-hydrogen) atoms. The van der Waals surface area contributed by atoms with Crippen molar-refractivity contribution in [3.63, 3.8) is 0 Å². The van der Waals surface area contributed by atoms with Gasteiger partial charge in [-0.25, -0.2) is 9.37 Å². The van der Waals surface area contributed by atoms with Gasteiger partial charge in [0.25, 0.3) is 0 Å². The SMILES string of the molecule is NCc1c(-c2ccc(F)cc2Cl)ncn1Cc1cccc(C(F)(F)F)c1. The molecule has 0 spiro atoms. The molecule has 3 nitrogen and oxygen atoms in total. The summed E-state index contributed by atoms with van der Waals surface area (Å²) < 4.78 is 53.5. The number of rotatable bonds is 4. The fourth-order valence-electron chi connectivity index (χ4n) is 2.71. The van der Waals surface area contributed by atoms with Crippen LogP contribution in [0.3, 0.4) is 0 Å². The number of hydrogen-bond donors (Lipinski definition) is 1. The average molecular weight is 384 g/mol. The van der Waals surface area contributed by atoms with Gasteiger partial charge in [0, 0.05) is 18.7 Å². The molecule has 2 aromatic carbocycles. The number of aromatic nitrogens is 2. The summed E-state index contributed by atoms with van der Waals surface area (Å²) in [7, 11) is 0. The fraction of sp³-hybridized carbons (Fsp3) is 0.167. The lowest BCUT2D eigenvalue weighted by Gasteiger charge is -2.12. The molecule has 0 radical (unpaired) electrons. The van der Waals surface area contributed by atoms with Crippen molar-refractivity contribution in [1.29, 1.82) is 0 Å². The summed E-state index contributed by atoms with van der Waals surface area (Å²) >= 11 is 6.08. The van der Waals surface area contributed by atoms with Crippen molar-refractivity contribution in [3.05, 3.63) is 76.5 Å². The summed E-state index contributed by atoms with van der Waals surface area (Å²) in [6, 6.07) is 8.98. The first-order chi connectivity index (χ1) is 12.3. The van der Waals surface area contributed by atoms with Crippen LogP contribution in [0.5, 0.6) is 0 Å². The third-order valence-electron chi connectivity index (χ3n) is 3.93. The van der Waals surface area contributed by atoms with E-state index < -0.39 is 17.6 Å². The van der Waals surface area contributed by atoms with Gasteiger partial charge in [-0.05, 0) is 35.9 Å². The number of hydrogen-bond acceptors (Lipinski definition) is 2. The van der Waals surface area contributed by atoms with Crippen LogP contribution in [-0.2, 0) is 19.3 Å². The van der Waals surface area contributed by atoms with E-state index in [0.29, 0.717) is 22.5 Å². The highest BCUT2D eigenvalue weighted by atomic mass is 35.5. The molecule has 1 heterocycles. The van der Waals surface area contributed by atoms with E-state index >= 15 is 0 Å². The Morgan fingerprint density at radius 3 is 2.54 bits per heavy atom. The predicted octanol–water partition coefficient (Wildman–Crippen LogP) is 4.87. The molecule has 0 unspecified atom stereocenters. The predicted molar refractivity (Wildman–Crippen MR) is 91.1 cm³/mol. The number of alkyl halides is 3. The Balaban J connectivity index is 1.97. The van der Waals surface area contributed by atoms with Crippen molar-refractivity contribution in [2.75, 3.05) is 0 Å². The number of halogens is 5. The first kappa shape index (κ1) is 18.4. The molecule has 0 aliphatic carbocycles. The first-order valence-electron chi connectivity index (χ1n) is 7.65. The molecular formula is C18H14ClF4N3. The van der Waals surface area contributed by atoms with E-state index in [2.05, 4.69) is 4.98 Å². The van der Waals surface area contributed by atoms with E-state index in [1.807, 2.05) is 0 Å². The number of nitrogens with zero attached hydrogens (tertiary/aromatic N) is 2. The van der Waals surface area contributed by atoms with Crippen LogP contribution >= 0.6 is 11.6 Å². The summed E-state index contributed by atoms with van der Waals surface area (Å²) in [5, 5.41) is 0.184. The second-order valence-electron chi connectivity index (χ2n) is 5.69. The topological polar surface area (TPSA) is 43.8 Å². The summed E-state index contributed by atoms with van der Waals surface area (Å²) in [6.07, 6.45) is -2.92. The number of benzene rings is 2. The largest absolute Gasteiger partial charge is 0.416 e. The maximum Gasteiger partial charge on any atom is 0.416 e. The number of nitrogens with two attached hydrogens (primary N) is 1. The Labute approximate surface area is 152 Å². The van der Waals surface area contributed by atoms with E-state index in [9.17, 15) is 17.6 Å². The first-order valence-corrected chi connectivity index (χ1v) is 8.03. The Hall–Kier alpha value is -2.38. The molecule has 0 bridgehead atoms. The zero-order chi connectivity index (χ0) is 18.9. The smallest absolute Gasteiger partial charge is 0.328 e. The quantitative estimate of drug-likeness (QED) is 0.653. The highest BCUT2D eigenvalue weighted by Gasteiger charge is 2.30. The van der Waals surface area contributed by atoms with Crippen molar-refractivity contribution < 1.29 is 17.6 Å². The molecule has 0 amide bonds. The van der Waals surface area contributed by atoms with Crippen LogP contribution in [0.25, 0.3) is 11.3 Å². The number of imidazole rings is 1. The van der Waals surface area contributed by atoms with E-state index in [1.54, 1.807) is 10.6 Å². The monoisotopic (exact) mass is 383 g/mol. The van der Waals surface area contributed by atoms with Gasteiger partial charge in [0.2, 0.25) is 0 Å². The van der Waals surface area contributed by atoms with E-state index in [4.69, 9.17) is 17.3 Å². The molecule has 0 atom stereocenters. The maximum atomic E-state index is 13.2. The molecule has 3 rings (SSSR count). The molecule has 0 saturated carbocycles. The van der Waals surface area contributed by atoms with Crippen LogP contribution in [0.2, 0.25) is 5.02 Å². The van der Waals surface area contributed by atoms with Gasteiger partial charge < -0.3 is 10.3 Å². The van der Waals surface area contributed by atoms with Gasteiger partial charge in [0.05, 0.1) is 28.3 Å². The van der Waals surface area contributed by atoms with Gasteiger partial charge in [-0.1, -0.05) is 23.7 Å². The Kier molecular flexibility index (Phi) is 5.02. The van der Waals surface area contributed by atoms with Crippen LogP contribution in [0.1, 0.15) is 16.8 Å². The molecule has 0 fully saturated rings. The van der Waals surface area contributed by atoms with Crippen molar-refractivity contribution in [2.45, 2.75) is 19.3 Å². The van der Waals surface area contributed by atoms with Crippen LogP contribution in [0.15, 0.2) is 48.8 Å². The Bertz CT molecular complexity index is 934. The lowest BCUT2D eigenvalue weighted by Crippen LogP contribution is -2.10. The zero-order valence-electron chi connectivity index (χ0n) is 13.4. The summed E-state index contributed by atoms with van der Waals surface area (Å²) in [6.45, 7) is 0.268. The molecular weight excluding hydrogens is 370 g/mol. The molecule has 136 valence electrons. The van der Waals surface area contributed by atoms with E-state index in [-0.39, 0.29) is 18.1 Å². The second-order valence-corrected chi connectivity index (χ2v) is 6.10. The molecule has 0 aliphatic rings. The fourth-order valence-corrected chi connectivity index (χ4v) is 2.96. The van der Waals surface area contributed by atoms with Crippen LogP contribution in [0, 0.1) is 5.82 Å². The third-order valence-corrected chi connectivity index (χ3v) is 4.25. The van der Waals surface area contributed by atoms with E-state index in [1.165, 1.54) is 30.6 Å². The molecule has 0 aliphatic heterocycles. The molecule has 1 aromatic heterocycles. The van der Waals surface area contributed by atoms with Gasteiger partial charge in [-0.15, -0.1) is 0 Å². The lowest BCUT2D eigenvalue weighted by atomic mass is 10.1. The maximum absolute atomic E-state index is 13.2. The van der Waals surface area contributed by atoms with Crippen LogP contribution < -0.4 is 5.73 Å². The van der Waals surface area contributed by atoms with Crippen molar-refractivity contribution in [3.8, 4) is 11.3 Å². The highest BCUT2D eigenvalue weighted by Crippen LogP contribution is 2.32. The Morgan fingerprint density at radius 2 is 1.88 bits per heavy atom.